The zero-order valence-electron chi connectivity index (χ0n) is 15.3. The molecule has 0 aliphatic heterocycles. The molecule has 142 valence electrons. The number of aromatic nitrogens is 1. The van der Waals surface area contributed by atoms with Crippen molar-refractivity contribution in [3.63, 3.8) is 0 Å². The lowest BCUT2D eigenvalue weighted by molar-refractivity contribution is 0.0943. The zero-order chi connectivity index (χ0) is 18.8. The molecular formula is C21H23BrN2O2S. The van der Waals surface area contributed by atoms with Crippen LogP contribution in [-0.2, 0) is 13.0 Å². The van der Waals surface area contributed by atoms with E-state index in [1.165, 1.54) is 19.3 Å². The van der Waals surface area contributed by atoms with Gasteiger partial charge in [0.05, 0.1) is 21.8 Å². The van der Waals surface area contributed by atoms with E-state index in [0.717, 1.165) is 44.7 Å². The Morgan fingerprint density at radius 2 is 2.19 bits per heavy atom. The second kappa shape index (κ2) is 8.07. The molecule has 4 rings (SSSR count). The van der Waals surface area contributed by atoms with E-state index in [1.807, 2.05) is 30.3 Å². The van der Waals surface area contributed by atoms with Crippen molar-refractivity contribution in [1.82, 2.24) is 9.88 Å². The normalized spacial score (nSPS) is 14.3. The Morgan fingerprint density at radius 3 is 2.93 bits per heavy atom. The van der Waals surface area contributed by atoms with Crippen LogP contribution in [0.3, 0.4) is 0 Å². The minimum Gasteiger partial charge on any atom is -0.496 e. The first-order chi connectivity index (χ1) is 13.2. The van der Waals surface area contributed by atoms with E-state index in [0.29, 0.717) is 12.5 Å². The molecule has 2 aromatic heterocycles. The Bertz CT molecular complexity index is 958. The van der Waals surface area contributed by atoms with Crippen LogP contribution in [0.15, 0.2) is 40.2 Å². The summed E-state index contributed by atoms with van der Waals surface area (Å²) in [6, 6.07) is 9.97. The van der Waals surface area contributed by atoms with Crippen molar-refractivity contribution >= 4 is 43.4 Å². The van der Waals surface area contributed by atoms with E-state index < -0.39 is 0 Å². The van der Waals surface area contributed by atoms with Gasteiger partial charge in [-0.1, -0.05) is 24.6 Å². The van der Waals surface area contributed by atoms with Crippen LogP contribution in [0.4, 0.5) is 0 Å². The average Bonchev–Trinajstić information content (AvgIpc) is 3.18. The number of fused-ring (bicyclic) bond motifs is 1. The van der Waals surface area contributed by atoms with Crippen LogP contribution in [0.25, 0.3) is 10.2 Å². The first-order valence-electron chi connectivity index (χ1n) is 9.33. The van der Waals surface area contributed by atoms with E-state index >= 15 is 0 Å². The van der Waals surface area contributed by atoms with Crippen LogP contribution < -0.4 is 10.1 Å². The minimum atomic E-state index is -0.000443. The van der Waals surface area contributed by atoms with Crippen LogP contribution >= 0.6 is 27.3 Å². The minimum absolute atomic E-state index is 0.000443. The SMILES string of the molecule is COc1ccccc1CCNC(=O)c1cc2scc(Br)c2n1CC1CCC1. The van der Waals surface area contributed by atoms with Gasteiger partial charge in [0, 0.05) is 18.5 Å². The molecule has 0 radical (unpaired) electrons. The number of nitrogens with one attached hydrogen (secondary N) is 1. The van der Waals surface area contributed by atoms with Crippen molar-refractivity contribution in [3.8, 4) is 5.75 Å². The summed E-state index contributed by atoms with van der Waals surface area (Å²) in [7, 11) is 1.68. The fourth-order valence-corrected chi connectivity index (χ4v) is 5.35. The predicted molar refractivity (Wildman–Crippen MR) is 114 cm³/mol. The molecule has 1 aliphatic rings. The van der Waals surface area contributed by atoms with Crippen molar-refractivity contribution in [2.24, 2.45) is 5.92 Å². The molecule has 1 saturated carbocycles. The summed E-state index contributed by atoms with van der Waals surface area (Å²) in [5.74, 6) is 1.55. The number of hydrogen-bond acceptors (Lipinski definition) is 3. The smallest absolute Gasteiger partial charge is 0.267 e. The number of hydrogen-bond donors (Lipinski definition) is 1. The summed E-state index contributed by atoms with van der Waals surface area (Å²) in [5.41, 5.74) is 3.03. The fraction of sp³-hybridized carbons (Fsp3) is 0.381. The molecule has 3 aromatic rings. The standard InChI is InChI=1S/C21H23BrN2O2S/c1-26-18-8-3-2-7-15(18)9-10-23-21(25)17-11-19-20(16(22)13-27-19)24(17)12-14-5-4-6-14/h2-3,7-8,11,13-14H,4-6,9-10,12H2,1H3,(H,23,25). The van der Waals surface area contributed by atoms with Gasteiger partial charge in [-0.3, -0.25) is 4.79 Å². The first-order valence-corrected chi connectivity index (χ1v) is 11.0. The second-order valence-electron chi connectivity index (χ2n) is 7.05. The Hall–Kier alpha value is -1.79. The molecule has 0 unspecified atom stereocenters. The predicted octanol–water partition coefficient (Wildman–Crippen LogP) is 5.25. The summed E-state index contributed by atoms with van der Waals surface area (Å²) < 4.78 is 9.84. The molecule has 0 saturated heterocycles. The molecule has 4 nitrogen and oxygen atoms in total. The number of rotatable bonds is 7. The topological polar surface area (TPSA) is 43.3 Å². The van der Waals surface area contributed by atoms with E-state index in [4.69, 9.17) is 4.74 Å². The first kappa shape index (κ1) is 18.6. The largest absolute Gasteiger partial charge is 0.496 e. The monoisotopic (exact) mass is 446 g/mol. The van der Waals surface area contributed by atoms with Crippen molar-refractivity contribution in [2.75, 3.05) is 13.7 Å². The number of thiophene rings is 1. The van der Waals surface area contributed by atoms with Gasteiger partial charge in [0.2, 0.25) is 0 Å². The summed E-state index contributed by atoms with van der Waals surface area (Å²) >= 11 is 5.33. The number of halogens is 1. The van der Waals surface area contributed by atoms with Gasteiger partial charge in [-0.05, 0) is 58.8 Å². The maximum absolute atomic E-state index is 12.9. The number of amides is 1. The van der Waals surface area contributed by atoms with Crippen LogP contribution in [0, 0.1) is 5.92 Å². The van der Waals surface area contributed by atoms with Gasteiger partial charge >= 0.3 is 0 Å². The number of carbonyl (C=O) groups excluding carboxylic acids is 1. The lowest BCUT2D eigenvalue weighted by Gasteiger charge is -2.27. The van der Waals surface area contributed by atoms with Gasteiger partial charge in [0.25, 0.3) is 5.91 Å². The van der Waals surface area contributed by atoms with Crippen LogP contribution in [0.1, 0.15) is 35.3 Å². The highest BCUT2D eigenvalue weighted by Crippen LogP contribution is 2.36. The molecule has 1 aromatic carbocycles. The van der Waals surface area contributed by atoms with Gasteiger partial charge in [-0.25, -0.2) is 0 Å². The average molecular weight is 447 g/mol. The van der Waals surface area contributed by atoms with Crippen molar-refractivity contribution in [2.45, 2.75) is 32.2 Å². The Kier molecular flexibility index (Phi) is 5.55. The van der Waals surface area contributed by atoms with Gasteiger partial charge < -0.3 is 14.6 Å². The van der Waals surface area contributed by atoms with Gasteiger partial charge in [0.1, 0.15) is 11.4 Å². The maximum atomic E-state index is 12.9. The van der Waals surface area contributed by atoms with E-state index in [2.05, 4.69) is 31.2 Å². The highest BCUT2D eigenvalue weighted by molar-refractivity contribution is 9.10. The summed E-state index contributed by atoms with van der Waals surface area (Å²) in [5, 5.41) is 5.20. The van der Waals surface area contributed by atoms with Crippen molar-refractivity contribution in [1.29, 1.82) is 0 Å². The molecule has 6 heteroatoms. The molecule has 1 amide bonds. The van der Waals surface area contributed by atoms with Crippen molar-refractivity contribution < 1.29 is 9.53 Å². The summed E-state index contributed by atoms with van der Waals surface area (Å²) in [6.45, 7) is 1.51. The van der Waals surface area contributed by atoms with Gasteiger partial charge in [-0.2, -0.15) is 0 Å². The molecular weight excluding hydrogens is 424 g/mol. The van der Waals surface area contributed by atoms with Gasteiger partial charge in [0.15, 0.2) is 0 Å². The third kappa shape index (κ3) is 3.78. The lowest BCUT2D eigenvalue weighted by atomic mass is 9.85. The van der Waals surface area contributed by atoms with Crippen molar-refractivity contribution in [3.05, 3.63) is 51.4 Å². The molecule has 0 atom stereocenters. The fourth-order valence-electron chi connectivity index (χ4n) is 3.65. The molecule has 27 heavy (non-hydrogen) atoms. The van der Waals surface area contributed by atoms with Crippen LogP contribution in [-0.4, -0.2) is 24.1 Å². The Morgan fingerprint density at radius 1 is 1.37 bits per heavy atom. The molecule has 1 fully saturated rings. The second-order valence-corrected chi connectivity index (χ2v) is 8.82. The number of methoxy groups -OCH3 is 1. The molecule has 1 aliphatic carbocycles. The Balaban J connectivity index is 1.49. The molecule has 2 heterocycles. The summed E-state index contributed by atoms with van der Waals surface area (Å²) in [4.78, 5) is 12.9. The quantitative estimate of drug-likeness (QED) is 0.538. The van der Waals surface area contributed by atoms with E-state index in [9.17, 15) is 4.79 Å². The van der Waals surface area contributed by atoms with Crippen LogP contribution in [0.2, 0.25) is 0 Å². The molecule has 0 bridgehead atoms. The number of para-hydroxylation sites is 1. The highest BCUT2D eigenvalue weighted by Gasteiger charge is 2.24. The third-order valence-corrected chi connectivity index (χ3v) is 7.17. The van der Waals surface area contributed by atoms with Crippen LogP contribution in [0.5, 0.6) is 5.75 Å². The zero-order valence-corrected chi connectivity index (χ0v) is 17.7. The molecule has 1 N–H and O–H groups in total. The third-order valence-electron chi connectivity index (χ3n) is 5.35. The number of benzene rings is 1. The number of ether oxygens (including phenoxy) is 1. The molecule has 0 spiro atoms. The number of nitrogens with zero attached hydrogens (tertiary/aromatic N) is 1. The highest BCUT2D eigenvalue weighted by atomic mass is 79.9. The Labute approximate surface area is 171 Å². The number of carbonyl (C=O) groups is 1. The lowest BCUT2D eigenvalue weighted by Crippen LogP contribution is -2.29. The van der Waals surface area contributed by atoms with E-state index in [-0.39, 0.29) is 5.91 Å². The van der Waals surface area contributed by atoms with Gasteiger partial charge in [-0.15, -0.1) is 11.3 Å². The van der Waals surface area contributed by atoms with E-state index in [1.54, 1.807) is 18.4 Å². The maximum Gasteiger partial charge on any atom is 0.267 e. The summed E-state index contributed by atoms with van der Waals surface area (Å²) in [6.07, 6.45) is 4.57.